The standard InChI is InChI=1S/C22H31NO2/c1-21(2,3)16-24-15-17-10-12-19(13-11-17)25-20-9-7-8-18(14-20)23-22(4,5)6/h7-14,23H,15-16H2,1-6H3. The number of rotatable bonds is 6. The van der Waals surface area contributed by atoms with E-state index in [-0.39, 0.29) is 11.0 Å². The van der Waals surface area contributed by atoms with Gasteiger partial charge in [0.25, 0.3) is 0 Å². The summed E-state index contributed by atoms with van der Waals surface area (Å²) in [5, 5.41) is 3.46. The zero-order chi connectivity index (χ0) is 18.5. The highest BCUT2D eigenvalue weighted by Crippen LogP contribution is 2.26. The largest absolute Gasteiger partial charge is 0.457 e. The van der Waals surface area contributed by atoms with Crippen molar-refractivity contribution in [2.75, 3.05) is 11.9 Å². The number of anilines is 1. The van der Waals surface area contributed by atoms with Gasteiger partial charge in [0.1, 0.15) is 11.5 Å². The molecule has 0 saturated carbocycles. The maximum Gasteiger partial charge on any atom is 0.129 e. The highest BCUT2D eigenvalue weighted by Gasteiger charge is 2.11. The molecule has 0 aliphatic heterocycles. The van der Waals surface area contributed by atoms with Crippen molar-refractivity contribution in [2.24, 2.45) is 5.41 Å². The Morgan fingerprint density at radius 3 is 2.12 bits per heavy atom. The van der Waals surface area contributed by atoms with Crippen LogP contribution in [0.4, 0.5) is 5.69 Å². The van der Waals surface area contributed by atoms with Crippen LogP contribution in [0.3, 0.4) is 0 Å². The molecule has 0 aliphatic carbocycles. The van der Waals surface area contributed by atoms with Gasteiger partial charge in [0.2, 0.25) is 0 Å². The molecule has 2 aromatic rings. The van der Waals surface area contributed by atoms with Crippen LogP contribution < -0.4 is 10.1 Å². The fraction of sp³-hybridized carbons (Fsp3) is 0.455. The number of benzene rings is 2. The van der Waals surface area contributed by atoms with Crippen molar-refractivity contribution < 1.29 is 9.47 Å². The van der Waals surface area contributed by atoms with Crippen molar-refractivity contribution in [1.29, 1.82) is 0 Å². The van der Waals surface area contributed by atoms with Crippen molar-refractivity contribution in [3.05, 3.63) is 54.1 Å². The quantitative estimate of drug-likeness (QED) is 0.673. The molecule has 0 amide bonds. The van der Waals surface area contributed by atoms with E-state index in [1.807, 2.05) is 36.4 Å². The molecular formula is C22H31NO2. The first-order valence-corrected chi connectivity index (χ1v) is 8.84. The molecule has 0 atom stereocenters. The van der Waals surface area contributed by atoms with Gasteiger partial charge in [-0.25, -0.2) is 0 Å². The Bertz CT molecular complexity index is 664. The van der Waals surface area contributed by atoms with E-state index >= 15 is 0 Å². The summed E-state index contributed by atoms with van der Waals surface area (Å²) in [4.78, 5) is 0. The van der Waals surface area contributed by atoms with E-state index in [9.17, 15) is 0 Å². The van der Waals surface area contributed by atoms with E-state index in [0.29, 0.717) is 6.61 Å². The Labute approximate surface area is 152 Å². The summed E-state index contributed by atoms with van der Waals surface area (Å²) in [5.41, 5.74) is 2.42. The molecule has 3 nitrogen and oxygen atoms in total. The first-order chi connectivity index (χ1) is 11.6. The van der Waals surface area contributed by atoms with Gasteiger partial charge >= 0.3 is 0 Å². The third-order valence-electron chi connectivity index (χ3n) is 3.32. The predicted molar refractivity (Wildman–Crippen MR) is 105 cm³/mol. The van der Waals surface area contributed by atoms with Crippen LogP contribution in [0.2, 0.25) is 0 Å². The molecule has 0 spiro atoms. The molecule has 3 heteroatoms. The van der Waals surface area contributed by atoms with Gasteiger partial charge in [-0.3, -0.25) is 0 Å². The van der Waals surface area contributed by atoms with Crippen LogP contribution in [0.25, 0.3) is 0 Å². The first kappa shape index (κ1) is 19.3. The Morgan fingerprint density at radius 2 is 1.52 bits per heavy atom. The second kappa shape index (κ2) is 7.92. The van der Waals surface area contributed by atoms with Crippen molar-refractivity contribution in [3.8, 4) is 11.5 Å². The SMILES string of the molecule is CC(C)(C)COCc1ccc(Oc2cccc(NC(C)(C)C)c2)cc1. The van der Waals surface area contributed by atoms with Crippen molar-refractivity contribution in [3.63, 3.8) is 0 Å². The number of nitrogens with one attached hydrogen (secondary N) is 1. The van der Waals surface area contributed by atoms with Crippen LogP contribution in [0.5, 0.6) is 11.5 Å². The summed E-state index contributed by atoms with van der Waals surface area (Å²) in [6.45, 7) is 14.3. The van der Waals surface area contributed by atoms with Crippen molar-refractivity contribution in [1.82, 2.24) is 0 Å². The van der Waals surface area contributed by atoms with Crippen LogP contribution >= 0.6 is 0 Å². The lowest BCUT2D eigenvalue weighted by Crippen LogP contribution is -2.25. The van der Waals surface area contributed by atoms with E-state index in [0.717, 1.165) is 29.4 Å². The molecule has 0 aromatic heterocycles. The predicted octanol–water partition coefficient (Wildman–Crippen LogP) is 6.25. The summed E-state index contributed by atoms with van der Waals surface area (Å²) in [7, 11) is 0. The van der Waals surface area contributed by atoms with E-state index < -0.39 is 0 Å². The Balaban J connectivity index is 1.94. The molecule has 0 saturated heterocycles. The molecule has 0 bridgehead atoms. The van der Waals surface area contributed by atoms with Crippen LogP contribution in [-0.4, -0.2) is 12.1 Å². The van der Waals surface area contributed by atoms with Crippen LogP contribution in [0.15, 0.2) is 48.5 Å². The smallest absolute Gasteiger partial charge is 0.129 e. The fourth-order valence-electron chi connectivity index (χ4n) is 2.34. The summed E-state index contributed by atoms with van der Waals surface area (Å²) in [6, 6.07) is 16.1. The van der Waals surface area contributed by atoms with Crippen LogP contribution in [0.1, 0.15) is 47.1 Å². The lowest BCUT2D eigenvalue weighted by Gasteiger charge is -2.22. The van der Waals surface area contributed by atoms with E-state index in [1.165, 1.54) is 0 Å². The summed E-state index contributed by atoms with van der Waals surface area (Å²) in [6.07, 6.45) is 0. The van der Waals surface area contributed by atoms with E-state index in [1.54, 1.807) is 0 Å². The minimum absolute atomic E-state index is 0.0212. The van der Waals surface area contributed by atoms with Crippen LogP contribution in [0, 0.1) is 5.41 Å². The first-order valence-electron chi connectivity index (χ1n) is 8.84. The number of hydrogen-bond acceptors (Lipinski definition) is 3. The fourth-order valence-corrected chi connectivity index (χ4v) is 2.34. The number of ether oxygens (including phenoxy) is 2. The molecule has 0 radical (unpaired) electrons. The van der Waals surface area contributed by atoms with Gasteiger partial charge in [-0.2, -0.15) is 0 Å². The van der Waals surface area contributed by atoms with Gasteiger partial charge in [-0.1, -0.05) is 39.0 Å². The lowest BCUT2D eigenvalue weighted by atomic mass is 9.99. The molecule has 0 fully saturated rings. The van der Waals surface area contributed by atoms with Gasteiger partial charge in [-0.15, -0.1) is 0 Å². The zero-order valence-electron chi connectivity index (χ0n) is 16.3. The Kier molecular flexibility index (Phi) is 6.12. The third-order valence-corrected chi connectivity index (χ3v) is 3.32. The second-order valence-electron chi connectivity index (χ2n) is 8.70. The number of hydrogen-bond donors (Lipinski definition) is 1. The van der Waals surface area contributed by atoms with Crippen molar-refractivity contribution >= 4 is 5.69 Å². The molecule has 1 N–H and O–H groups in total. The highest BCUT2D eigenvalue weighted by atomic mass is 16.5. The van der Waals surface area contributed by atoms with Crippen LogP contribution in [-0.2, 0) is 11.3 Å². The monoisotopic (exact) mass is 341 g/mol. The average molecular weight is 341 g/mol. The summed E-state index contributed by atoms with van der Waals surface area (Å²) in [5.74, 6) is 1.65. The zero-order valence-corrected chi connectivity index (χ0v) is 16.3. The molecule has 25 heavy (non-hydrogen) atoms. The summed E-state index contributed by atoms with van der Waals surface area (Å²) < 4.78 is 11.7. The third kappa shape index (κ3) is 7.61. The molecular weight excluding hydrogens is 310 g/mol. The minimum Gasteiger partial charge on any atom is -0.457 e. The normalized spacial score (nSPS) is 12.1. The lowest BCUT2D eigenvalue weighted by molar-refractivity contribution is 0.0599. The van der Waals surface area contributed by atoms with Gasteiger partial charge < -0.3 is 14.8 Å². The van der Waals surface area contributed by atoms with Gasteiger partial charge in [0.15, 0.2) is 0 Å². The molecule has 0 unspecified atom stereocenters. The van der Waals surface area contributed by atoms with Gasteiger partial charge in [0.05, 0.1) is 13.2 Å². The second-order valence-corrected chi connectivity index (χ2v) is 8.70. The minimum atomic E-state index is 0.0212. The maximum atomic E-state index is 5.97. The molecule has 2 rings (SSSR count). The Hall–Kier alpha value is -2.00. The maximum absolute atomic E-state index is 5.97. The van der Waals surface area contributed by atoms with Crippen molar-refractivity contribution in [2.45, 2.75) is 53.7 Å². The summed E-state index contributed by atoms with van der Waals surface area (Å²) >= 11 is 0. The molecule has 2 aromatic carbocycles. The molecule has 136 valence electrons. The average Bonchev–Trinajstić information content (AvgIpc) is 2.46. The molecule has 0 heterocycles. The van der Waals surface area contributed by atoms with E-state index in [2.05, 4.69) is 59.0 Å². The van der Waals surface area contributed by atoms with Gasteiger partial charge in [0, 0.05) is 17.3 Å². The van der Waals surface area contributed by atoms with E-state index in [4.69, 9.17) is 9.47 Å². The van der Waals surface area contributed by atoms with Gasteiger partial charge in [-0.05, 0) is 56.0 Å². The topological polar surface area (TPSA) is 30.5 Å². The molecule has 0 aliphatic rings. The Morgan fingerprint density at radius 1 is 0.840 bits per heavy atom. The highest BCUT2D eigenvalue weighted by molar-refractivity contribution is 5.50.